The van der Waals surface area contributed by atoms with Crippen LogP contribution in [0.15, 0.2) is 77.0 Å². The Morgan fingerprint density at radius 2 is 1.83 bits per heavy atom. The number of thiophene rings is 1. The molecule has 0 atom stereocenters. The van der Waals surface area contributed by atoms with Crippen molar-refractivity contribution in [2.24, 2.45) is 0 Å². The van der Waals surface area contributed by atoms with Gasteiger partial charge in [-0.25, -0.2) is 4.68 Å². The summed E-state index contributed by atoms with van der Waals surface area (Å²) in [4.78, 5) is 17.9. The maximum atomic E-state index is 13.2. The van der Waals surface area contributed by atoms with Crippen molar-refractivity contribution in [3.63, 3.8) is 0 Å². The highest BCUT2D eigenvalue weighted by atomic mass is 32.1. The van der Waals surface area contributed by atoms with Crippen LogP contribution >= 0.6 is 11.3 Å². The number of hydrogen-bond donors (Lipinski definition) is 0. The molecule has 2 aromatic carbocycles. The van der Waals surface area contributed by atoms with Gasteiger partial charge in [0.1, 0.15) is 0 Å². The van der Waals surface area contributed by atoms with Crippen LogP contribution in [0.5, 0.6) is 0 Å². The molecule has 0 unspecified atom stereocenters. The van der Waals surface area contributed by atoms with Crippen LogP contribution in [0.4, 0.5) is 0 Å². The summed E-state index contributed by atoms with van der Waals surface area (Å²) in [5, 5.41) is 17.4. The first-order valence-electron chi connectivity index (χ1n) is 9.56. The predicted octanol–water partition coefficient (Wildman–Crippen LogP) is 4.79. The van der Waals surface area contributed by atoms with E-state index in [4.69, 9.17) is 0 Å². The second-order valence-corrected chi connectivity index (χ2v) is 7.88. The summed E-state index contributed by atoms with van der Waals surface area (Å²) in [6.45, 7) is 0.440. The molecule has 0 fully saturated rings. The highest BCUT2D eigenvalue weighted by Crippen LogP contribution is 2.33. The lowest BCUT2D eigenvalue weighted by molar-refractivity contribution is 0.580. The average molecular weight is 408 g/mol. The molecule has 0 saturated heterocycles. The van der Waals surface area contributed by atoms with Crippen LogP contribution in [0.2, 0.25) is 0 Å². The van der Waals surface area contributed by atoms with Gasteiger partial charge >= 0.3 is 0 Å². The van der Waals surface area contributed by atoms with Gasteiger partial charge in [0.25, 0.3) is 5.56 Å². The molecule has 0 bridgehead atoms. The zero-order valence-electron chi connectivity index (χ0n) is 15.9. The summed E-state index contributed by atoms with van der Waals surface area (Å²) in [6.07, 6.45) is 2.34. The third-order valence-electron chi connectivity index (χ3n) is 5.16. The monoisotopic (exact) mass is 408 g/mol. The number of nitrogens with zero attached hydrogens (tertiary/aromatic N) is 4. The van der Waals surface area contributed by atoms with Gasteiger partial charge in [0.2, 0.25) is 0 Å². The fourth-order valence-electron chi connectivity index (χ4n) is 3.63. The molecule has 6 heteroatoms. The summed E-state index contributed by atoms with van der Waals surface area (Å²) in [5.74, 6) is 0. The highest BCUT2D eigenvalue weighted by Gasteiger charge is 2.15. The summed E-state index contributed by atoms with van der Waals surface area (Å²) < 4.78 is 2.31. The summed E-state index contributed by atoms with van der Waals surface area (Å²) in [6, 6.07) is 21.6. The molecule has 5 aromatic rings. The van der Waals surface area contributed by atoms with Crippen LogP contribution in [-0.4, -0.2) is 14.8 Å². The molecule has 0 amide bonds. The first kappa shape index (κ1) is 18.2. The second-order valence-electron chi connectivity index (χ2n) is 6.96. The minimum absolute atomic E-state index is 0.141. The number of hydrogen-bond acceptors (Lipinski definition) is 5. The van der Waals surface area contributed by atoms with E-state index in [0.717, 1.165) is 32.4 Å². The zero-order chi connectivity index (χ0) is 20.5. The first-order valence-corrected chi connectivity index (χ1v) is 10.4. The minimum atomic E-state index is -0.141. The van der Waals surface area contributed by atoms with Gasteiger partial charge in [-0.15, -0.1) is 11.3 Å². The van der Waals surface area contributed by atoms with Gasteiger partial charge < -0.3 is 0 Å². The van der Waals surface area contributed by atoms with Crippen molar-refractivity contribution in [1.82, 2.24) is 14.8 Å². The zero-order valence-corrected chi connectivity index (χ0v) is 16.8. The molecular weight excluding hydrogens is 392 g/mol. The van der Waals surface area contributed by atoms with Gasteiger partial charge in [-0.2, -0.15) is 10.4 Å². The Morgan fingerprint density at radius 1 is 1.00 bits per heavy atom. The van der Waals surface area contributed by atoms with E-state index in [1.165, 1.54) is 16.0 Å². The molecule has 3 heterocycles. The first-order chi connectivity index (χ1) is 14.7. The van der Waals surface area contributed by atoms with Gasteiger partial charge in [-0.1, -0.05) is 42.5 Å². The molecule has 0 spiro atoms. The maximum Gasteiger partial charge on any atom is 0.276 e. The Labute approximate surface area is 176 Å². The number of rotatable bonds is 4. The van der Waals surface area contributed by atoms with Crippen LogP contribution in [0.3, 0.4) is 0 Å². The normalized spacial score (nSPS) is 11.0. The number of para-hydroxylation sites is 1. The highest BCUT2D eigenvalue weighted by molar-refractivity contribution is 7.17. The Hall–Kier alpha value is -3.82. The van der Waals surface area contributed by atoms with Gasteiger partial charge in [-0.3, -0.25) is 9.78 Å². The van der Waals surface area contributed by atoms with Crippen molar-refractivity contribution in [1.29, 1.82) is 5.26 Å². The quantitative estimate of drug-likeness (QED) is 0.429. The SMILES string of the molecule is N#Cc1ccccc1-c1csc2cnn(CCc3ccc4ccccc4n3)c(=O)c12. The van der Waals surface area contributed by atoms with Crippen LogP contribution in [0.1, 0.15) is 11.3 Å². The number of aryl methyl sites for hydroxylation is 2. The van der Waals surface area contributed by atoms with E-state index < -0.39 is 0 Å². The third-order valence-corrected chi connectivity index (χ3v) is 6.07. The van der Waals surface area contributed by atoms with E-state index in [1.54, 1.807) is 12.3 Å². The van der Waals surface area contributed by atoms with Crippen molar-refractivity contribution in [3.05, 3.63) is 93.9 Å². The van der Waals surface area contributed by atoms with E-state index in [-0.39, 0.29) is 5.56 Å². The van der Waals surface area contributed by atoms with Crippen LogP contribution in [-0.2, 0) is 13.0 Å². The Morgan fingerprint density at radius 3 is 2.73 bits per heavy atom. The predicted molar refractivity (Wildman–Crippen MR) is 119 cm³/mol. The summed E-state index contributed by atoms with van der Waals surface area (Å²) in [7, 11) is 0. The van der Waals surface area contributed by atoms with Crippen molar-refractivity contribution in [2.45, 2.75) is 13.0 Å². The molecule has 0 aliphatic rings. The van der Waals surface area contributed by atoms with Crippen molar-refractivity contribution >= 4 is 32.3 Å². The Kier molecular flexibility index (Phi) is 4.58. The largest absolute Gasteiger partial charge is 0.276 e. The lowest BCUT2D eigenvalue weighted by Gasteiger charge is -2.07. The summed E-state index contributed by atoms with van der Waals surface area (Å²) in [5.41, 5.74) is 3.84. The average Bonchev–Trinajstić information content (AvgIpc) is 3.23. The molecule has 0 saturated carbocycles. The van der Waals surface area contributed by atoms with Crippen molar-refractivity contribution in [2.75, 3.05) is 0 Å². The number of fused-ring (bicyclic) bond motifs is 2. The molecule has 0 aliphatic heterocycles. The van der Waals surface area contributed by atoms with Crippen LogP contribution < -0.4 is 5.56 Å². The fourth-order valence-corrected chi connectivity index (χ4v) is 4.55. The number of nitriles is 1. The molecule has 0 aliphatic carbocycles. The number of benzene rings is 2. The second kappa shape index (κ2) is 7.54. The molecule has 5 nitrogen and oxygen atoms in total. The lowest BCUT2D eigenvalue weighted by Crippen LogP contribution is -2.23. The maximum absolute atomic E-state index is 13.2. The summed E-state index contributed by atoms with van der Waals surface area (Å²) >= 11 is 1.47. The third kappa shape index (κ3) is 3.15. The van der Waals surface area contributed by atoms with Gasteiger partial charge in [0, 0.05) is 34.0 Å². The van der Waals surface area contributed by atoms with E-state index in [2.05, 4.69) is 16.2 Å². The standard InChI is InChI=1S/C24H16N4OS/c25-13-17-6-1-3-7-19(17)20-15-30-22-14-26-28(24(29)23(20)22)12-11-18-10-9-16-5-2-4-8-21(16)27-18/h1-10,14-15H,11-12H2. The van der Waals surface area contributed by atoms with E-state index in [1.807, 2.05) is 60.0 Å². The Balaban J connectivity index is 1.52. The smallest absolute Gasteiger partial charge is 0.267 e. The molecule has 144 valence electrons. The van der Waals surface area contributed by atoms with E-state index in [9.17, 15) is 10.1 Å². The molecular formula is C24H16N4OS. The molecule has 0 radical (unpaired) electrons. The number of pyridine rings is 1. The van der Waals surface area contributed by atoms with Gasteiger partial charge in [0.15, 0.2) is 0 Å². The number of aromatic nitrogens is 3. The van der Waals surface area contributed by atoms with Gasteiger partial charge in [0.05, 0.1) is 40.0 Å². The van der Waals surface area contributed by atoms with Crippen LogP contribution in [0, 0.1) is 11.3 Å². The van der Waals surface area contributed by atoms with Gasteiger partial charge in [-0.05, 0) is 18.2 Å². The minimum Gasteiger partial charge on any atom is -0.267 e. The van der Waals surface area contributed by atoms with E-state index in [0.29, 0.717) is 23.9 Å². The van der Waals surface area contributed by atoms with E-state index >= 15 is 0 Å². The lowest BCUT2D eigenvalue weighted by atomic mass is 10.0. The van der Waals surface area contributed by atoms with Crippen LogP contribution in [0.25, 0.3) is 32.1 Å². The molecule has 3 aromatic heterocycles. The van der Waals surface area contributed by atoms with Crippen molar-refractivity contribution in [3.8, 4) is 17.2 Å². The molecule has 5 rings (SSSR count). The fraction of sp³-hybridized carbons (Fsp3) is 0.0833. The molecule has 0 N–H and O–H groups in total. The molecule has 30 heavy (non-hydrogen) atoms. The Bertz CT molecular complexity index is 1490. The van der Waals surface area contributed by atoms with Crippen molar-refractivity contribution < 1.29 is 0 Å². The topological polar surface area (TPSA) is 71.6 Å².